The van der Waals surface area contributed by atoms with Gasteiger partial charge in [-0.2, -0.15) is 0 Å². The number of hydrogen-bond donors (Lipinski definition) is 0. The van der Waals surface area contributed by atoms with Crippen LogP contribution < -0.4 is 0 Å². The molecule has 0 bridgehead atoms. The summed E-state index contributed by atoms with van der Waals surface area (Å²) < 4.78 is 0. The minimum absolute atomic E-state index is 0.835. The van der Waals surface area contributed by atoms with Crippen LogP contribution in [0.15, 0.2) is 29.2 Å². The summed E-state index contributed by atoms with van der Waals surface area (Å²) in [5.41, 5.74) is 1.34. The average Bonchev–Trinajstić information content (AvgIpc) is 2.21. The van der Waals surface area contributed by atoms with Gasteiger partial charge in [-0.15, -0.1) is 11.8 Å². The quantitative estimate of drug-likeness (QED) is 0.530. The van der Waals surface area contributed by atoms with E-state index < -0.39 is 0 Å². The summed E-state index contributed by atoms with van der Waals surface area (Å²) in [6.07, 6.45) is 2.60. The van der Waals surface area contributed by atoms with Gasteiger partial charge in [-0.05, 0) is 43.6 Å². The first-order valence-electron chi connectivity index (χ1n) is 5.48. The molecule has 0 amide bonds. The van der Waals surface area contributed by atoms with Gasteiger partial charge in [-0.3, -0.25) is 0 Å². The van der Waals surface area contributed by atoms with Gasteiger partial charge in [0, 0.05) is 10.2 Å². The zero-order chi connectivity index (χ0) is 11.1. The van der Waals surface area contributed by atoms with Crippen LogP contribution in [0, 0.1) is 12.8 Å². The van der Waals surface area contributed by atoms with Crippen LogP contribution in [0.3, 0.4) is 0 Å². The first-order chi connectivity index (χ1) is 7.22. The van der Waals surface area contributed by atoms with Crippen LogP contribution in [0.5, 0.6) is 0 Å². The summed E-state index contributed by atoms with van der Waals surface area (Å²) in [4.78, 5) is 1.40. The molecule has 1 rings (SSSR count). The number of halogens is 1. The Labute approximate surface area is 106 Å². The predicted molar refractivity (Wildman–Crippen MR) is 74.1 cm³/mol. The first-order valence-corrected chi connectivity index (χ1v) is 7.58. The van der Waals surface area contributed by atoms with Crippen molar-refractivity contribution < 1.29 is 0 Å². The minimum Gasteiger partial charge on any atom is -0.126 e. The molecule has 0 aromatic heterocycles. The Kier molecular flexibility index (Phi) is 6.42. The highest BCUT2D eigenvalue weighted by Crippen LogP contribution is 2.21. The summed E-state index contributed by atoms with van der Waals surface area (Å²) in [6.45, 7) is 4.46. The highest BCUT2D eigenvalue weighted by Gasteiger charge is 2.01. The number of benzene rings is 1. The summed E-state index contributed by atoms with van der Waals surface area (Å²) in [7, 11) is 0. The van der Waals surface area contributed by atoms with Crippen LogP contribution in [0.4, 0.5) is 0 Å². The smallest absolute Gasteiger partial charge is 0.00721 e. The van der Waals surface area contributed by atoms with Crippen molar-refractivity contribution in [2.24, 2.45) is 5.92 Å². The minimum atomic E-state index is 0.835. The highest BCUT2D eigenvalue weighted by atomic mass is 79.9. The lowest BCUT2D eigenvalue weighted by Crippen LogP contribution is -1.96. The second-order valence-corrected chi connectivity index (χ2v) is 5.99. The fourth-order valence-corrected chi connectivity index (χ4v) is 3.21. The Balaban J connectivity index is 2.22. The van der Waals surface area contributed by atoms with Gasteiger partial charge in [0.1, 0.15) is 0 Å². The highest BCUT2D eigenvalue weighted by molar-refractivity contribution is 9.09. The second kappa shape index (κ2) is 7.34. The van der Waals surface area contributed by atoms with Crippen molar-refractivity contribution in [1.82, 2.24) is 0 Å². The lowest BCUT2D eigenvalue weighted by Gasteiger charge is -2.08. The Morgan fingerprint density at radius 2 is 1.87 bits per heavy atom. The second-order valence-electron chi connectivity index (χ2n) is 4.03. The molecule has 15 heavy (non-hydrogen) atoms. The van der Waals surface area contributed by atoms with Gasteiger partial charge >= 0.3 is 0 Å². The Morgan fingerprint density at radius 3 is 2.47 bits per heavy atom. The molecule has 0 N–H and O–H groups in total. The molecule has 0 aliphatic rings. The maximum absolute atomic E-state index is 3.49. The number of aryl methyl sites for hydroxylation is 1. The topological polar surface area (TPSA) is 0 Å². The molecule has 84 valence electrons. The van der Waals surface area contributed by atoms with Crippen molar-refractivity contribution in [1.29, 1.82) is 0 Å². The average molecular weight is 287 g/mol. The van der Waals surface area contributed by atoms with Gasteiger partial charge in [0.15, 0.2) is 0 Å². The van der Waals surface area contributed by atoms with E-state index in [2.05, 4.69) is 54.0 Å². The largest absolute Gasteiger partial charge is 0.126 e. The molecular weight excluding hydrogens is 268 g/mol. The normalized spacial score (nSPS) is 12.7. The zero-order valence-electron chi connectivity index (χ0n) is 9.50. The van der Waals surface area contributed by atoms with Crippen molar-refractivity contribution in [2.75, 3.05) is 11.1 Å². The number of hydrogen-bond acceptors (Lipinski definition) is 1. The Hall–Kier alpha value is 0.0500. The SMILES string of the molecule is Cc1ccc(SCCC(C)CCBr)cc1. The van der Waals surface area contributed by atoms with E-state index in [9.17, 15) is 0 Å². The van der Waals surface area contributed by atoms with Crippen LogP contribution in [0.25, 0.3) is 0 Å². The van der Waals surface area contributed by atoms with E-state index in [-0.39, 0.29) is 0 Å². The third-order valence-corrected chi connectivity index (χ3v) is 4.01. The molecule has 0 saturated heterocycles. The van der Waals surface area contributed by atoms with Crippen LogP contribution >= 0.6 is 27.7 Å². The van der Waals surface area contributed by atoms with Gasteiger partial charge in [0.25, 0.3) is 0 Å². The van der Waals surface area contributed by atoms with E-state index in [0.717, 1.165) is 11.2 Å². The molecule has 1 aromatic carbocycles. The molecule has 0 spiro atoms. The van der Waals surface area contributed by atoms with Crippen molar-refractivity contribution in [2.45, 2.75) is 31.6 Å². The first kappa shape index (κ1) is 13.1. The summed E-state index contributed by atoms with van der Waals surface area (Å²) in [5.74, 6) is 2.07. The molecule has 2 heteroatoms. The van der Waals surface area contributed by atoms with Gasteiger partial charge < -0.3 is 0 Å². The summed E-state index contributed by atoms with van der Waals surface area (Å²) >= 11 is 5.46. The molecular formula is C13H19BrS. The monoisotopic (exact) mass is 286 g/mol. The Morgan fingerprint density at radius 1 is 1.20 bits per heavy atom. The molecule has 0 saturated carbocycles. The molecule has 0 fully saturated rings. The third-order valence-electron chi connectivity index (χ3n) is 2.50. The van der Waals surface area contributed by atoms with Crippen molar-refractivity contribution >= 4 is 27.7 Å². The van der Waals surface area contributed by atoms with Gasteiger partial charge in [0.2, 0.25) is 0 Å². The molecule has 0 heterocycles. The molecule has 0 aliphatic carbocycles. The molecule has 1 unspecified atom stereocenters. The van der Waals surface area contributed by atoms with E-state index in [1.165, 1.54) is 29.1 Å². The molecule has 0 aliphatic heterocycles. The number of thioether (sulfide) groups is 1. The van der Waals surface area contributed by atoms with Crippen molar-refractivity contribution in [3.63, 3.8) is 0 Å². The van der Waals surface area contributed by atoms with Crippen LogP contribution in [0.2, 0.25) is 0 Å². The van der Waals surface area contributed by atoms with E-state index in [1.807, 2.05) is 11.8 Å². The summed E-state index contributed by atoms with van der Waals surface area (Å²) in [5, 5.41) is 1.13. The van der Waals surface area contributed by atoms with Crippen molar-refractivity contribution in [3.8, 4) is 0 Å². The van der Waals surface area contributed by atoms with Gasteiger partial charge in [-0.25, -0.2) is 0 Å². The molecule has 0 nitrogen and oxygen atoms in total. The standard InChI is InChI=1S/C13H19BrS/c1-11-3-5-13(6-4-11)15-10-8-12(2)7-9-14/h3-6,12H,7-10H2,1-2H3. The maximum atomic E-state index is 3.49. The number of rotatable bonds is 6. The van der Waals surface area contributed by atoms with Gasteiger partial charge in [0.05, 0.1) is 0 Å². The molecule has 0 radical (unpaired) electrons. The zero-order valence-corrected chi connectivity index (χ0v) is 11.9. The van der Waals surface area contributed by atoms with E-state index in [4.69, 9.17) is 0 Å². The fourth-order valence-electron chi connectivity index (χ4n) is 1.34. The summed E-state index contributed by atoms with van der Waals surface area (Å²) in [6, 6.07) is 8.80. The molecule has 1 aromatic rings. The molecule has 1 atom stereocenters. The number of alkyl halides is 1. The maximum Gasteiger partial charge on any atom is 0.00721 e. The fraction of sp³-hybridized carbons (Fsp3) is 0.538. The third kappa shape index (κ3) is 5.62. The van der Waals surface area contributed by atoms with Crippen LogP contribution in [-0.4, -0.2) is 11.1 Å². The van der Waals surface area contributed by atoms with Crippen molar-refractivity contribution in [3.05, 3.63) is 29.8 Å². The van der Waals surface area contributed by atoms with Crippen LogP contribution in [0.1, 0.15) is 25.3 Å². The van der Waals surface area contributed by atoms with Crippen LogP contribution in [-0.2, 0) is 0 Å². The van der Waals surface area contributed by atoms with Gasteiger partial charge in [-0.1, -0.05) is 40.5 Å². The lowest BCUT2D eigenvalue weighted by atomic mass is 10.1. The van der Waals surface area contributed by atoms with E-state index in [1.54, 1.807) is 0 Å². The van der Waals surface area contributed by atoms with E-state index >= 15 is 0 Å². The lowest BCUT2D eigenvalue weighted by molar-refractivity contribution is 0.555. The van der Waals surface area contributed by atoms with E-state index in [0.29, 0.717) is 0 Å². The Bertz CT molecular complexity index is 268. The predicted octanol–water partition coefficient (Wildman–Crippen LogP) is 4.90.